The third kappa shape index (κ3) is 4.30. The lowest BCUT2D eigenvalue weighted by molar-refractivity contribution is -0.130. The van der Waals surface area contributed by atoms with Gasteiger partial charge in [-0.3, -0.25) is 4.79 Å². The molecule has 1 aliphatic heterocycles. The molecule has 0 N–H and O–H groups in total. The molecule has 1 atom stereocenters. The van der Waals surface area contributed by atoms with E-state index in [1.807, 2.05) is 60.0 Å². The number of benzene rings is 1. The van der Waals surface area contributed by atoms with Crippen LogP contribution in [0.15, 0.2) is 80.9 Å². The molecule has 31 heavy (non-hydrogen) atoms. The molecule has 156 valence electrons. The summed E-state index contributed by atoms with van der Waals surface area (Å²) in [4.78, 5) is 14.2. The van der Waals surface area contributed by atoms with E-state index in [1.54, 1.807) is 22.3 Å². The van der Waals surface area contributed by atoms with Crippen LogP contribution < -0.4 is 0 Å². The van der Waals surface area contributed by atoms with Gasteiger partial charge in [0.25, 0.3) is 5.91 Å². The molecule has 3 aromatic heterocycles. The molecule has 0 spiro atoms. The zero-order valence-electron chi connectivity index (χ0n) is 16.4. The maximum absolute atomic E-state index is 13.1. The Bertz CT molecular complexity index is 1170. The van der Waals surface area contributed by atoms with Crippen molar-refractivity contribution in [2.24, 2.45) is 5.10 Å². The van der Waals surface area contributed by atoms with E-state index in [1.165, 1.54) is 16.8 Å². The van der Waals surface area contributed by atoms with Gasteiger partial charge >= 0.3 is 0 Å². The van der Waals surface area contributed by atoms with E-state index in [-0.39, 0.29) is 17.7 Å². The fourth-order valence-electron chi connectivity index (χ4n) is 3.38. The fourth-order valence-corrected chi connectivity index (χ4v) is 4.83. The standard InChI is InChI=1S/C21H18N6O2S2/c28-20(14-31-21-22-24-25-26(21)13-15-6-2-1-3-7-15)27-17(18-8-4-10-29-18)12-16(23-27)19-9-5-11-30-19/h1-11,17H,12-14H2. The predicted molar refractivity (Wildman–Crippen MR) is 118 cm³/mol. The Balaban J connectivity index is 1.31. The van der Waals surface area contributed by atoms with Gasteiger partial charge < -0.3 is 4.42 Å². The summed E-state index contributed by atoms with van der Waals surface area (Å²) in [5, 5.41) is 20.7. The van der Waals surface area contributed by atoms with Crippen LogP contribution in [0.25, 0.3) is 0 Å². The summed E-state index contributed by atoms with van der Waals surface area (Å²) in [6, 6.07) is 17.4. The molecular weight excluding hydrogens is 432 g/mol. The van der Waals surface area contributed by atoms with Crippen LogP contribution in [0, 0.1) is 0 Å². The van der Waals surface area contributed by atoms with Crippen molar-refractivity contribution >= 4 is 34.7 Å². The minimum Gasteiger partial charge on any atom is -0.467 e. The van der Waals surface area contributed by atoms with Gasteiger partial charge in [-0.25, -0.2) is 9.69 Å². The smallest absolute Gasteiger partial charge is 0.253 e. The average molecular weight is 451 g/mol. The van der Waals surface area contributed by atoms with Crippen molar-refractivity contribution in [1.82, 2.24) is 25.2 Å². The molecule has 8 nitrogen and oxygen atoms in total. The minimum atomic E-state index is -0.250. The predicted octanol–water partition coefficient (Wildman–Crippen LogP) is 3.85. The van der Waals surface area contributed by atoms with Gasteiger partial charge in [-0.1, -0.05) is 48.2 Å². The minimum absolute atomic E-state index is 0.118. The summed E-state index contributed by atoms with van der Waals surface area (Å²) in [7, 11) is 0. The highest BCUT2D eigenvalue weighted by Crippen LogP contribution is 2.34. The first-order valence-electron chi connectivity index (χ1n) is 9.67. The highest BCUT2D eigenvalue weighted by atomic mass is 32.2. The second-order valence-electron chi connectivity index (χ2n) is 6.89. The Hall–Kier alpha value is -3.24. The summed E-state index contributed by atoms with van der Waals surface area (Å²) in [6.07, 6.45) is 2.24. The number of hydrogen-bond donors (Lipinski definition) is 0. The Morgan fingerprint density at radius 1 is 1.16 bits per heavy atom. The van der Waals surface area contributed by atoms with Crippen molar-refractivity contribution in [3.8, 4) is 0 Å². The maximum atomic E-state index is 13.1. The fraction of sp³-hybridized carbons (Fsp3) is 0.190. The van der Waals surface area contributed by atoms with Crippen LogP contribution in [0.3, 0.4) is 0 Å². The molecule has 10 heteroatoms. The molecule has 4 heterocycles. The number of hydrazone groups is 1. The Kier molecular flexibility index (Phi) is 5.63. The highest BCUT2D eigenvalue weighted by molar-refractivity contribution is 7.99. The van der Waals surface area contributed by atoms with Crippen molar-refractivity contribution < 1.29 is 9.21 Å². The monoisotopic (exact) mass is 450 g/mol. The third-order valence-corrected chi connectivity index (χ3v) is 6.70. The van der Waals surface area contributed by atoms with E-state index in [0.717, 1.165) is 21.9 Å². The molecule has 0 radical (unpaired) electrons. The van der Waals surface area contributed by atoms with Gasteiger partial charge in [-0.2, -0.15) is 5.10 Å². The quantitative estimate of drug-likeness (QED) is 0.398. The first kappa shape index (κ1) is 19.7. The van der Waals surface area contributed by atoms with Gasteiger partial charge in [0.05, 0.1) is 29.1 Å². The van der Waals surface area contributed by atoms with Crippen LogP contribution in [0.2, 0.25) is 0 Å². The lowest BCUT2D eigenvalue weighted by Gasteiger charge is -2.19. The molecule has 1 aromatic carbocycles. The lowest BCUT2D eigenvalue weighted by atomic mass is 10.1. The Labute approximate surface area is 186 Å². The van der Waals surface area contributed by atoms with Crippen molar-refractivity contribution in [2.75, 3.05) is 5.75 Å². The van der Waals surface area contributed by atoms with E-state index < -0.39 is 0 Å². The second kappa shape index (κ2) is 8.86. The SMILES string of the molecule is O=C(CSc1nnnn1Cc1ccccc1)N1N=C(c2cccs2)CC1c1ccco1. The second-order valence-corrected chi connectivity index (χ2v) is 8.78. The summed E-state index contributed by atoms with van der Waals surface area (Å²) in [5.74, 6) is 0.780. The van der Waals surface area contributed by atoms with Gasteiger partial charge in [0.15, 0.2) is 0 Å². The normalized spacial score (nSPS) is 15.9. The molecule has 1 amide bonds. The average Bonchev–Trinajstić information content (AvgIpc) is 3.59. The third-order valence-electron chi connectivity index (χ3n) is 4.84. The molecule has 1 aliphatic rings. The first-order valence-corrected chi connectivity index (χ1v) is 11.5. The van der Waals surface area contributed by atoms with Gasteiger partial charge in [0.2, 0.25) is 5.16 Å². The van der Waals surface area contributed by atoms with Crippen molar-refractivity contribution in [3.05, 3.63) is 82.4 Å². The van der Waals surface area contributed by atoms with Crippen LogP contribution in [0.1, 0.15) is 28.7 Å². The van der Waals surface area contributed by atoms with E-state index in [0.29, 0.717) is 18.1 Å². The highest BCUT2D eigenvalue weighted by Gasteiger charge is 2.35. The summed E-state index contributed by atoms with van der Waals surface area (Å²) in [5.41, 5.74) is 1.98. The number of rotatable bonds is 7. The number of carbonyl (C=O) groups excluding carboxylic acids is 1. The number of carbonyl (C=O) groups is 1. The van der Waals surface area contributed by atoms with E-state index in [2.05, 4.69) is 20.6 Å². The summed E-state index contributed by atoms with van der Waals surface area (Å²) < 4.78 is 7.29. The van der Waals surface area contributed by atoms with Crippen LogP contribution >= 0.6 is 23.1 Å². The number of furan rings is 1. The van der Waals surface area contributed by atoms with Crippen LogP contribution in [-0.4, -0.2) is 42.6 Å². The number of thiophene rings is 1. The Morgan fingerprint density at radius 3 is 2.84 bits per heavy atom. The molecule has 4 aromatic rings. The maximum Gasteiger partial charge on any atom is 0.253 e. The molecule has 0 saturated heterocycles. The number of hydrogen-bond acceptors (Lipinski definition) is 8. The largest absolute Gasteiger partial charge is 0.467 e. The van der Waals surface area contributed by atoms with Gasteiger partial charge in [0, 0.05) is 6.42 Å². The number of amides is 1. The first-order chi connectivity index (χ1) is 15.3. The molecule has 1 unspecified atom stereocenters. The van der Waals surface area contributed by atoms with Gasteiger partial charge in [-0.05, 0) is 39.6 Å². The number of tetrazole rings is 1. The molecule has 0 aliphatic carbocycles. The lowest BCUT2D eigenvalue weighted by Crippen LogP contribution is -2.28. The molecule has 0 fully saturated rings. The van der Waals surface area contributed by atoms with Crippen molar-refractivity contribution in [2.45, 2.75) is 24.2 Å². The van der Waals surface area contributed by atoms with Gasteiger partial charge in [-0.15, -0.1) is 16.4 Å². The summed E-state index contributed by atoms with van der Waals surface area (Å²) >= 11 is 2.92. The molecule has 0 bridgehead atoms. The van der Waals surface area contributed by atoms with E-state index in [9.17, 15) is 4.79 Å². The van der Waals surface area contributed by atoms with Crippen molar-refractivity contribution in [3.63, 3.8) is 0 Å². The topological polar surface area (TPSA) is 89.4 Å². The van der Waals surface area contributed by atoms with Crippen molar-refractivity contribution in [1.29, 1.82) is 0 Å². The zero-order chi connectivity index (χ0) is 21.0. The molecular formula is C21H18N6O2S2. The summed E-state index contributed by atoms with van der Waals surface area (Å²) in [6.45, 7) is 0.545. The molecule has 5 rings (SSSR count). The Morgan fingerprint density at radius 2 is 2.06 bits per heavy atom. The number of thioether (sulfide) groups is 1. The van der Waals surface area contributed by atoms with E-state index in [4.69, 9.17) is 4.42 Å². The van der Waals surface area contributed by atoms with Crippen LogP contribution in [0.4, 0.5) is 0 Å². The van der Waals surface area contributed by atoms with Crippen LogP contribution in [0.5, 0.6) is 0 Å². The van der Waals surface area contributed by atoms with Gasteiger partial charge in [0.1, 0.15) is 11.8 Å². The molecule has 0 saturated carbocycles. The zero-order valence-corrected chi connectivity index (χ0v) is 18.0. The van der Waals surface area contributed by atoms with Crippen LogP contribution in [-0.2, 0) is 11.3 Å². The van der Waals surface area contributed by atoms with E-state index >= 15 is 0 Å². The number of nitrogens with zero attached hydrogens (tertiary/aromatic N) is 6. The number of aromatic nitrogens is 4.